The van der Waals surface area contributed by atoms with Crippen molar-refractivity contribution in [3.63, 3.8) is 0 Å². The highest BCUT2D eigenvalue weighted by Crippen LogP contribution is 2.40. The van der Waals surface area contributed by atoms with E-state index in [-0.39, 0.29) is 11.3 Å². The number of pyridine rings is 1. The number of nitrogens with one attached hydrogen (secondary N) is 1. The molecule has 1 aromatic rings. The average molecular weight is 271 g/mol. The maximum atomic E-state index is 12.6. The van der Waals surface area contributed by atoms with Crippen LogP contribution in [0.25, 0.3) is 0 Å². The van der Waals surface area contributed by atoms with E-state index < -0.39 is 11.9 Å². The van der Waals surface area contributed by atoms with Gasteiger partial charge in [-0.15, -0.1) is 0 Å². The Kier molecular flexibility index (Phi) is 2.48. The summed E-state index contributed by atoms with van der Waals surface area (Å²) in [5.74, 6) is 0.0189. The molecule has 0 bridgehead atoms. The SMILES string of the molecule is O=C1CC2(CN1)CN(c1ccnc(C(F)(F)F)c1)C2. The molecule has 19 heavy (non-hydrogen) atoms. The molecule has 2 fully saturated rings. The topological polar surface area (TPSA) is 45.2 Å². The van der Waals surface area contributed by atoms with E-state index in [1.807, 2.05) is 4.90 Å². The van der Waals surface area contributed by atoms with Crippen LogP contribution >= 0.6 is 0 Å². The number of halogens is 3. The van der Waals surface area contributed by atoms with Crippen molar-refractivity contribution < 1.29 is 18.0 Å². The van der Waals surface area contributed by atoms with E-state index in [1.54, 1.807) is 6.07 Å². The highest BCUT2D eigenvalue weighted by molar-refractivity contribution is 5.80. The molecule has 102 valence electrons. The number of nitrogens with zero attached hydrogens (tertiary/aromatic N) is 2. The minimum atomic E-state index is -4.43. The van der Waals surface area contributed by atoms with E-state index >= 15 is 0 Å². The molecule has 2 aliphatic heterocycles. The van der Waals surface area contributed by atoms with Crippen molar-refractivity contribution in [1.29, 1.82) is 0 Å². The summed E-state index contributed by atoms with van der Waals surface area (Å²) in [6.45, 7) is 1.82. The smallest absolute Gasteiger partial charge is 0.370 e. The third-order valence-electron chi connectivity index (χ3n) is 3.65. The first-order chi connectivity index (χ1) is 8.88. The van der Waals surface area contributed by atoms with Gasteiger partial charge >= 0.3 is 6.18 Å². The lowest BCUT2D eigenvalue weighted by Gasteiger charge is -2.48. The lowest BCUT2D eigenvalue weighted by Crippen LogP contribution is -2.57. The number of hydrogen-bond acceptors (Lipinski definition) is 3. The summed E-state index contributed by atoms with van der Waals surface area (Å²) in [6, 6.07) is 2.61. The summed E-state index contributed by atoms with van der Waals surface area (Å²) in [5, 5.41) is 2.76. The molecule has 0 atom stereocenters. The van der Waals surface area contributed by atoms with Crippen LogP contribution in [0, 0.1) is 5.41 Å². The number of hydrogen-bond donors (Lipinski definition) is 1. The Labute approximate surface area is 107 Å². The highest BCUT2D eigenvalue weighted by Gasteiger charge is 2.48. The van der Waals surface area contributed by atoms with Crippen molar-refractivity contribution in [2.24, 2.45) is 5.41 Å². The van der Waals surface area contributed by atoms with Crippen LogP contribution in [-0.4, -0.2) is 30.5 Å². The van der Waals surface area contributed by atoms with Gasteiger partial charge < -0.3 is 10.2 Å². The normalized spacial score (nSPS) is 21.4. The van der Waals surface area contributed by atoms with E-state index in [0.717, 1.165) is 6.07 Å². The molecule has 2 saturated heterocycles. The third-order valence-corrected chi connectivity index (χ3v) is 3.65. The minimum absolute atomic E-state index is 0.0189. The van der Waals surface area contributed by atoms with Gasteiger partial charge in [-0.3, -0.25) is 9.78 Å². The predicted molar refractivity (Wildman–Crippen MR) is 61.5 cm³/mol. The third kappa shape index (κ3) is 2.13. The molecule has 0 radical (unpaired) electrons. The zero-order valence-electron chi connectivity index (χ0n) is 10.00. The molecule has 0 unspecified atom stereocenters. The molecule has 1 spiro atoms. The fourth-order valence-corrected chi connectivity index (χ4v) is 2.69. The molecular weight excluding hydrogens is 259 g/mol. The Hall–Kier alpha value is -1.79. The van der Waals surface area contributed by atoms with Crippen LogP contribution in [0.2, 0.25) is 0 Å². The van der Waals surface area contributed by atoms with Crippen LogP contribution in [0.15, 0.2) is 18.3 Å². The van der Waals surface area contributed by atoms with E-state index in [0.29, 0.717) is 31.7 Å². The van der Waals surface area contributed by atoms with Crippen LogP contribution in [0.3, 0.4) is 0 Å². The first-order valence-corrected chi connectivity index (χ1v) is 5.93. The van der Waals surface area contributed by atoms with Crippen LogP contribution in [0.4, 0.5) is 18.9 Å². The summed E-state index contributed by atoms with van der Waals surface area (Å²) in [6.07, 6.45) is -2.80. The molecule has 0 saturated carbocycles. The Morgan fingerprint density at radius 2 is 2.11 bits per heavy atom. The Morgan fingerprint density at radius 1 is 1.37 bits per heavy atom. The highest BCUT2D eigenvalue weighted by atomic mass is 19.4. The van der Waals surface area contributed by atoms with Gasteiger partial charge in [-0.05, 0) is 12.1 Å². The summed E-state index contributed by atoms with van der Waals surface area (Å²) < 4.78 is 37.7. The van der Waals surface area contributed by atoms with Crippen LogP contribution in [0.5, 0.6) is 0 Å². The lowest BCUT2D eigenvalue weighted by atomic mass is 9.78. The molecule has 1 N–H and O–H groups in total. The number of carbonyl (C=O) groups is 1. The number of amides is 1. The second-order valence-corrected chi connectivity index (χ2v) is 5.21. The second kappa shape index (κ2) is 3.85. The quantitative estimate of drug-likeness (QED) is 0.840. The minimum Gasteiger partial charge on any atom is -0.370 e. The van der Waals surface area contributed by atoms with Gasteiger partial charge in [-0.25, -0.2) is 0 Å². The van der Waals surface area contributed by atoms with Gasteiger partial charge in [0.1, 0.15) is 5.69 Å². The second-order valence-electron chi connectivity index (χ2n) is 5.21. The van der Waals surface area contributed by atoms with Crippen LogP contribution in [0.1, 0.15) is 12.1 Å². The molecule has 2 aliphatic rings. The van der Waals surface area contributed by atoms with Crippen molar-refractivity contribution >= 4 is 11.6 Å². The monoisotopic (exact) mass is 271 g/mol. The van der Waals surface area contributed by atoms with Gasteiger partial charge in [0, 0.05) is 43.4 Å². The van der Waals surface area contributed by atoms with Crippen molar-refractivity contribution in [1.82, 2.24) is 10.3 Å². The average Bonchev–Trinajstić information content (AvgIpc) is 2.69. The number of anilines is 1. The first kappa shape index (κ1) is 12.3. The lowest BCUT2D eigenvalue weighted by molar-refractivity contribution is -0.141. The molecule has 4 nitrogen and oxygen atoms in total. The summed E-state index contributed by atoms with van der Waals surface area (Å²) in [7, 11) is 0. The van der Waals surface area contributed by atoms with Crippen LogP contribution in [-0.2, 0) is 11.0 Å². The summed E-state index contributed by atoms with van der Waals surface area (Å²) in [5.41, 5.74) is -0.475. The van der Waals surface area contributed by atoms with E-state index in [2.05, 4.69) is 10.3 Å². The molecule has 1 aromatic heterocycles. The summed E-state index contributed by atoms with van der Waals surface area (Å²) in [4.78, 5) is 16.4. The Balaban J connectivity index is 1.74. The van der Waals surface area contributed by atoms with Crippen molar-refractivity contribution in [3.05, 3.63) is 24.0 Å². The largest absolute Gasteiger partial charge is 0.433 e. The predicted octanol–water partition coefficient (Wildman–Crippen LogP) is 1.43. The number of rotatable bonds is 1. The number of alkyl halides is 3. The molecule has 7 heteroatoms. The van der Waals surface area contributed by atoms with Gasteiger partial charge in [0.2, 0.25) is 5.91 Å². The van der Waals surface area contributed by atoms with E-state index in [4.69, 9.17) is 0 Å². The Morgan fingerprint density at radius 3 is 2.68 bits per heavy atom. The standard InChI is InChI=1S/C12H12F3N3O/c13-12(14,15)9-3-8(1-2-16-9)18-6-11(7-18)4-10(19)17-5-11/h1-3H,4-7H2,(H,17,19). The number of carbonyl (C=O) groups excluding carboxylic acids is 1. The molecule has 0 aromatic carbocycles. The van der Waals surface area contributed by atoms with Gasteiger partial charge in [0.05, 0.1) is 0 Å². The van der Waals surface area contributed by atoms with Gasteiger partial charge in [-0.1, -0.05) is 0 Å². The fraction of sp³-hybridized carbons (Fsp3) is 0.500. The molecule has 0 aliphatic carbocycles. The molecule has 1 amide bonds. The molecule has 3 rings (SSSR count). The zero-order chi connectivity index (χ0) is 13.7. The van der Waals surface area contributed by atoms with Gasteiger partial charge in [0.15, 0.2) is 0 Å². The van der Waals surface area contributed by atoms with Gasteiger partial charge in [0.25, 0.3) is 0 Å². The maximum Gasteiger partial charge on any atom is 0.433 e. The van der Waals surface area contributed by atoms with Crippen LogP contribution < -0.4 is 10.2 Å². The first-order valence-electron chi connectivity index (χ1n) is 5.93. The molecular formula is C12H12F3N3O. The molecule has 3 heterocycles. The maximum absolute atomic E-state index is 12.6. The van der Waals surface area contributed by atoms with E-state index in [9.17, 15) is 18.0 Å². The van der Waals surface area contributed by atoms with Gasteiger partial charge in [-0.2, -0.15) is 13.2 Å². The van der Waals surface area contributed by atoms with E-state index in [1.165, 1.54) is 6.20 Å². The van der Waals surface area contributed by atoms with Crippen molar-refractivity contribution in [3.8, 4) is 0 Å². The van der Waals surface area contributed by atoms with Crippen molar-refractivity contribution in [2.45, 2.75) is 12.6 Å². The Bertz CT molecular complexity index is 523. The van der Waals surface area contributed by atoms with Crippen molar-refractivity contribution in [2.75, 3.05) is 24.5 Å². The summed E-state index contributed by atoms with van der Waals surface area (Å²) >= 11 is 0. The zero-order valence-corrected chi connectivity index (χ0v) is 10.00. The fourth-order valence-electron chi connectivity index (χ4n) is 2.69. The number of aromatic nitrogens is 1.